The van der Waals surface area contributed by atoms with Crippen LogP contribution in [0, 0.1) is 16.0 Å². The maximum absolute atomic E-state index is 13.8. The van der Waals surface area contributed by atoms with Crippen LogP contribution in [0.15, 0.2) is 82.9 Å². The molecule has 3 atom stereocenters. The molecule has 2 aliphatic rings. The molecule has 1 fully saturated rings. The number of carbonyl (C=O) groups excluding carboxylic acids is 3. The van der Waals surface area contributed by atoms with Crippen LogP contribution in [0.4, 0.5) is 17.1 Å². The van der Waals surface area contributed by atoms with Gasteiger partial charge in [-0.15, -0.1) is 0 Å². The zero-order valence-electron chi connectivity index (χ0n) is 20.8. The van der Waals surface area contributed by atoms with Gasteiger partial charge in [-0.25, -0.2) is 4.90 Å². The van der Waals surface area contributed by atoms with E-state index in [4.69, 9.17) is 11.6 Å². The molecular weight excluding hydrogens is 590 g/mol. The number of rotatable bonds is 6. The van der Waals surface area contributed by atoms with Crippen molar-refractivity contribution < 1.29 is 19.3 Å². The van der Waals surface area contributed by atoms with Crippen LogP contribution in [0.5, 0.6) is 0 Å². The quantitative estimate of drug-likeness (QED) is 0.194. The summed E-state index contributed by atoms with van der Waals surface area (Å²) in [7, 11) is 0. The molecule has 1 N–H and O–H groups in total. The van der Waals surface area contributed by atoms with E-state index < -0.39 is 44.6 Å². The van der Waals surface area contributed by atoms with Crippen molar-refractivity contribution in [2.45, 2.75) is 22.7 Å². The van der Waals surface area contributed by atoms with Crippen LogP contribution in [-0.4, -0.2) is 37.4 Å². The number of nitrogens with one attached hydrogen (secondary N) is 1. The SMILES string of the molecule is O=C(Cn1c2c(sc1=O)[C@@H](c1cccnc1)[C@@H]1C(=O)N(c3ccc([N+](=O)[O-])cc3)C(=O)[C@@H]1S2)Nc1ccc(Cl)cc1. The lowest BCUT2D eigenvalue weighted by atomic mass is 9.84. The van der Waals surface area contributed by atoms with E-state index in [9.17, 15) is 29.3 Å². The average molecular weight is 608 g/mol. The summed E-state index contributed by atoms with van der Waals surface area (Å²) in [5, 5.41) is 13.9. The summed E-state index contributed by atoms with van der Waals surface area (Å²) in [6, 6.07) is 15.2. The van der Waals surface area contributed by atoms with Crippen molar-refractivity contribution in [3.05, 3.63) is 108 Å². The summed E-state index contributed by atoms with van der Waals surface area (Å²) in [6.45, 7) is -0.300. The van der Waals surface area contributed by atoms with Gasteiger partial charge in [-0.2, -0.15) is 0 Å². The van der Waals surface area contributed by atoms with Crippen LogP contribution in [0.2, 0.25) is 5.02 Å². The largest absolute Gasteiger partial charge is 0.325 e. The summed E-state index contributed by atoms with van der Waals surface area (Å²) in [6.07, 6.45) is 3.18. The number of amides is 3. The van der Waals surface area contributed by atoms with Gasteiger partial charge >= 0.3 is 4.87 Å². The third kappa shape index (κ3) is 4.81. The number of hydrogen-bond acceptors (Lipinski definition) is 9. The van der Waals surface area contributed by atoms with Crippen LogP contribution in [0.25, 0.3) is 0 Å². The molecule has 0 aliphatic carbocycles. The van der Waals surface area contributed by atoms with Crippen LogP contribution in [-0.2, 0) is 20.9 Å². The maximum atomic E-state index is 13.8. The third-order valence-corrected chi connectivity index (χ3v) is 9.70. The molecule has 4 heterocycles. The van der Waals surface area contributed by atoms with Gasteiger partial charge in [-0.05, 0) is 48.0 Å². The molecule has 0 saturated carbocycles. The van der Waals surface area contributed by atoms with Gasteiger partial charge in [0.05, 0.1) is 21.6 Å². The third-order valence-electron chi connectivity index (χ3n) is 6.84. The van der Waals surface area contributed by atoms with Crippen LogP contribution >= 0.6 is 34.7 Å². The number of thioether (sulfide) groups is 1. The monoisotopic (exact) mass is 607 g/mol. The normalized spacial score (nSPS) is 19.5. The Morgan fingerprint density at radius 3 is 2.44 bits per heavy atom. The van der Waals surface area contributed by atoms with Gasteiger partial charge < -0.3 is 5.32 Å². The predicted octanol–water partition coefficient (Wildman–Crippen LogP) is 4.30. The number of benzene rings is 2. The molecule has 0 bridgehead atoms. The molecule has 4 aromatic rings. The topological polar surface area (TPSA) is 145 Å². The highest BCUT2D eigenvalue weighted by Crippen LogP contribution is 2.53. The summed E-state index contributed by atoms with van der Waals surface area (Å²) < 4.78 is 1.32. The Kier molecular flexibility index (Phi) is 6.93. The molecule has 41 heavy (non-hydrogen) atoms. The lowest BCUT2D eigenvalue weighted by molar-refractivity contribution is -0.384. The second-order valence-electron chi connectivity index (χ2n) is 9.29. The first-order valence-electron chi connectivity index (χ1n) is 12.2. The van der Waals surface area contributed by atoms with Crippen molar-refractivity contribution in [3.63, 3.8) is 0 Å². The molecule has 0 spiro atoms. The van der Waals surface area contributed by atoms with Crippen molar-refractivity contribution in [2.75, 3.05) is 10.2 Å². The fourth-order valence-electron chi connectivity index (χ4n) is 5.03. The van der Waals surface area contributed by atoms with E-state index >= 15 is 0 Å². The Bertz CT molecular complexity index is 1760. The molecule has 14 heteroatoms. The van der Waals surface area contributed by atoms with Crippen LogP contribution in [0.3, 0.4) is 0 Å². The Hall–Kier alpha value is -4.33. The molecule has 11 nitrogen and oxygen atoms in total. The summed E-state index contributed by atoms with van der Waals surface area (Å²) in [5.41, 5.74) is 1.20. The minimum atomic E-state index is -0.894. The Morgan fingerprint density at radius 1 is 1.05 bits per heavy atom. The van der Waals surface area contributed by atoms with Gasteiger partial charge in [0.1, 0.15) is 11.8 Å². The standard InChI is InChI=1S/C27H18ClN5O6S2/c28-15-3-5-16(6-4-15)30-19(34)13-31-26-23(41-27(31)37)20(14-2-1-11-29-12-14)21-22(40-26)25(36)32(24(21)35)17-7-9-18(10-8-17)33(38)39/h1-12,20-22H,13H2,(H,30,34)/t20-,21-,22+/m0/s1. The van der Waals surface area contributed by atoms with E-state index in [-0.39, 0.29) is 17.9 Å². The van der Waals surface area contributed by atoms with E-state index in [0.29, 0.717) is 26.2 Å². The van der Waals surface area contributed by atoms with Crippen molar-refractivity contribution in [1.82, 2.24) is 9.55 Å². The van der Waals surface area contributed by atoms with Gasteiger partial charge in [0.25, 0.3) is 5.69 Å². The first kappa shape index (κ1) is 26.9. The van der Waals surface area contributed by atoms with Crippen molar-refractivity contribution in [3.8, 4) is 0 Å². The number of fused-ring (bicyclic) bond motifs is 2. The first-order chi connectivity index (χ1) is 19.7. The minimum Gasteiger partial charge on any atom is -0.325 e. The summed E-state index contributed by atoms with van der Waals surface area (Å²) >= 11 is 7.92. The highest BCUT2D eigenvalue weighted by Gasteiger charge is 2.57. The number of hydrogen-bond donors (Lipinski definition) is 1. The zero-order chi connectivity index (χ0) is 28.8. The Morgan fingerprint density at radius 2 is 1.78 bits per heavy atom. The zero-order valence-corrected chi connectivity index (χ0v) is 23.2. The van der Waals surface area contributed by atoms with Gasteiger partial charge in [0.2, 0.25) is 17.7 Å². The van der Waals surface area contributed by atoms with Gasteiger partial charge in [0.15, 0.2) is 0 Å². The molecule has 0 radical (unpaired) electrons. The van der Waals surface area contributed by atoms with Crippen LogP contribution < -0.4 is 15.1 Å². The fraction of sp³-hybridized carbons (Fsp3) is 0.148. The number of nitro benzene ring substituents is 1. The number of thiazole rings is 1. The number of nitrogens with zero attached hydrogens (tertiary/aromatic N) is 4. The number of aromatic nitrogens is 2. The number of non-ortho nitro benzene ring substituents is 1. The van der Waals surface area contributed by atoms with Crippen molar-refractivity contribution in [2.24, 2.45) is 5.92 Å². The highest BCUT2D eigenvalue weighted by molar-refractivity contribution is 8.00. The highest BCUT2D eigenvalue weighted by atomic mass is 35.5. The molecule has 206 valence electrons. The number of imide groups is 1. The number of carbonyl (C=O) groups is 3. The second kappa shape index (κ2) is 10.6. The Labute approximate surface area is 244 Å². The van der Waals surface area contributed by atoms with E-state index in [0.717, 1.165) is 28.0 Å². The molecular formula is C27H18ClN5O6S2. The smallest absolute Gasteiger partial charge is 0.308 e. The first-order valence-corrected chi connectivity index (χ1v) is 14.3. The number of pyridine rings is 1. The van der Waals surface area contributed by atoms with Crippen molar-refractivity contribution >= 4 is 69.5 Å². The number of anilines is 2. The van der Waals surface area contributed by atoms with Gasteiger partial charge in [-0.1, -0.05) is 40.8 Å². The maximum Gasteiger partial charge on any atom is 0.308 e. The molecule has 3 amide bonds. The number of halogens is 1. The average Bonchev–Trinajstić information content (AvgIpc) is 3.40. The van der Waals surface area contributed by atoms with E-state index in [1.165, 1.54) is 28.8 Å². The molecule has 2 aromatic heterocycles. The molecule has 0 unspecified atom stereocenters. The molecule has 1 saturated heterocycles. The van der Waals surface area contributed by atoms with Crippen LogP contribution in [0.1, 0.15) is 16.4 Å². The molecule has 2 aliphatic heterocycles. The predicted molar refractivity (Wildman–Crippen MR) is 153 cm³/mol. The van der Waals surface area contributed by atoms with Crippen molar-refractivity contribution in [1.29, 1.82) is 0 Å². The summed E-state index contributed by atoms with van der Waals surface area (Å²) in [5.74, 6) is -2.95. The van der Waals surface area contributed by atoms with E-state index in [1.54, 1.807) is 48.8 Å². The van der Waals surface area contributed by atoms with E-state index in [2.05, 4.69) is 10.3 Å². The van der Waals surface area contributed by atoms with Gasteiger partial charge in [0, 0.05) is 46.0 Å². The molecule has 6 rings (SSSR count). The second-order valence-corrected chi connectivity index (χ2v) is 11.9. The van der Waals surface area contributed by atoms with Gasteiger partial charge in [-0.3, -0.25) is 38.8 Å². The lowest BCUT2D eigenvalue weighted by Crippen LogP contribution is -2.33. The number of nitro groups is 1. The van der Waals surface area contributed by atoms with E-state index in [1.807, 2.05) is 0 Å². The molecule has 2 aromatic carbocycles. The fourth-order valence-corrected chi connectivity index (χ4v) is 7.93. The lowest BCUT2D eigenvalue weighted by Gasteiger charge is -2.30. The summed E-state index contributed by atoms with van der Waals surface area (Å²) in [4.78, 5) is 69.6. The Balaban J connectivity index is 1.38. The minimum absolute atomic E-state index is 0.170.